The Morgan fingerprint density at radius 1 is 0.536 bits per heavy atom. The number of anilines is 3. The van der Waals surface area contributed by atoms with E-state index in [4.69, 9.17) is 10.1 Å². The zero-order chi connectivity index (χ0) is 39.6. The summed E-state index contributed by atoms with van der Waals surface area (Å²) in [7, 11) is 0. The van der Waals surface area contributed by atoms with Crippen LogP contribution in [0.25, 0.3) is 33.3 Å². The number of hydrogen-bond donors (Lipinski definition) is 0. The van der Waals surface area contributed by atoms with Gasteiger partial charge in [-0.05, 0) is 120 Å². The lowest BCUT2D eigenvalue weighted by Crippen LogP contribution is -2.18. The van der Waals surface area contributed by atoms with E-state index in [1.165, 1.54) is 33.0 Å². The summed E-state index contributed by atoms with van der Waals surface area (Å²) in [6.07, 6.45) is 1.97. The van der Waals surface area contributed by atoms with Gasteiger partial charge in [-0.25, -0.2) is 9.67 Å². The van der Waals surface area contributed by atoms with Crippen LogP contribution in [0.3, 0.4) is 0 Å². The molecule has 0 spiro atoms. The van der Waals surface area contributed by atoms with Crippen molar-refractivity contribution in [2.75, 3.05) is 4.90 Å². The van der Waals surface area contributed by atoms with Gasteiger partial charge in [0.25, 0.3) is 0 Å². The number of nitrogens with zero attached hydrogens (tertiary/aromatic N) is 5. The molecule has 0 fully saturated rings. The zero-order valence-corrected chi connectivity index (χ0v) is 34.5. The van der Waals surface area contributed by atoms with Crippen molar-refractivity contribution in [3.63, 3.8) is 0 Å². The molecule has 56 heavy (non-hydrogen) atoms. The van der Waals surface area contributed by atoms with E-state index in [0.29, 0.717) is 0 Å². The van der Waals surface area contributed by atoms with Crippen LogP contribution in [0.2, 0.25) is 0 Å². The minimum absolute atomic E-state index is 0.0361. The predicted molar refractivity (Wildman–Crippen MR) is 236 cm³/mol. The highest BCUT2D eigenvalue weighted by atomic mass is 15.3. The summed E-state index contributed by atoms with van der Waals surface area (Å²) in [5.74, 6) is 0.919. The van der Waals surface area contributed by atoms with E-state index in [1.807, 2.05) is 17.8 Å². The minimum atomic E-state index is -0.198. The highest BCUT2D eigenvalue weighted by Gasteiger charge is 2.29. The molecule has 282 valence electrons. The Labute approximate surface area is 332 Å². The molecule has 0 atom stereocenters. The molecular weight excluding hydrogens is 683 g/mol. The van der Waals surface area contributed by atoms with E-state index >= 15 is 0 Å². The quantitative estimate of drug-likeness (QED) is 0.164. The smallest absolute Gasteiger partial charge is 0.137 e. The molecule has 5 heteroatoms. The van der Waals surface area contributed by atoms with Gasteiger partial charge >= 0.3 is 0 Å². The maximum Gasteiger partial charge on any atom is 0.137 e. The molecule has 8 rings (SSSR count). The second-order valence-corrected chi connectivity index (χ2v) is 17.9. The van der Waals surface area contributed by atoms with Gasteiger partial charge < -0.3 is 4.90 Å². The van der Waals surface area contributed by atoms with Crippen LogP contribution in [0.4, 0.5) is 17.1 Å². The first-order valence-electron chi connectivity index (χ1n) is 19.8. The van der Waals surface area contributed by atoms with Gasteiger partial charge in [0, 0.05) is 45.1 Å². The van der Waals surface area contributed by atoms with Gasteiger partial charge in [0.05, 0.1) is 22.4 Å². The van der Waals surface area contributed by atoms with Crippen molar-refractivity contribution in [3.05, 3.63) is 173 Å². The van der Waals surface area contributed by atoms with Gasteiger partial charge in [-0.2, -0.15) is 5.10 Å². The van der Waals surface area contributed by atoms with Crippen molar-refractivity contribution in [2.24, 2.45) is 0 Å². The summed E-state index contributed by atoms with van der Waals surface area (Å²) < 4.78 is 4.43. The summed E-state index contributed by atoms with van der Waals surface area (Å²) in [6.45, 7) is 22.6. The number of para-hydroxylation sites is 1. The third-order valence-electron chi connectivity index (χ3n) is 11.3. The molecule has 0 saturated heterocycles. The van der Waals surface area contributed by atoms with Gasteiger partial charge in [-0.3, -0.25) is 4.57 Å². The normalized spacial score (nSPS) is 12.5. The highest BCUT2D eigenvalue weighted by molar-refractivity contribution is 6.12. The molecule has 3 aromatic heterocycles. The molecule has 5 nitrogen and oxygen atoms in total. The Kier molecular flexibility index (Phi) is 9.03. The molecule has 0 aliphatic carbocycles. The summed E-state index contributed by atoms with van der Waals surface area (Å²) >= 11 is 0. The van der Waals surface area contributed by atoms with Crippen LogP contribution >= 0.6 is 0 Å². The number of aromatic nitrogens is 4. The van der Waals surface area contributed by atoms with E-state index in [1.54, 1.807) is 0 Å². The number of fused-ring (bicyclic) bond motifs is 3. The van der Waals surface area contributed by atoms with Gasteiger partial charge in [-0.1, -0.05) is 116 Å². The Hall–Kier alpha value is -5.94. The second kappa shape index (κ2) is 13.7. The topological polar surface area (TPSA) is 38.9 Å². The predicted octanol–water partition coefficient (Wildman–Crippen LogP) is 13.4. The van der Waals surface area contributed by atoms with Crippen LogP contribution in [0.5, 0.6) is 0 Å². The average Bonchev–Trinajstić information content (AvgIpc) is 3.69. The third kappa shape index (κ3) is 6.59. The molecule has 0 N–H and O–H groups in total. The van der Waals surface area contributed by atoms with Crippen LogP contribution in [0, 0.1) is 13.8 Å². The van der Waals surface area contributed by atoms with E-state index in [-0.39, 0.29) is 16.2 Å². The Morgan fingerprint density at radius 2 is 1.23 bits per heavy atom. The number of aryl methyl sites for hydroxylation is 2. The third-order valence-corrected chi connectivity index (χ3v) is 11.3. The van der Waals surface area contributed by atoms with Gasteiger partial charge in [0.2, 0.25) is 0 Å². The van der Waals surface area contributed by atoms with Crippen molar-refractivity contribution in [1.29, 1.82) is 0 Å². The summed E-state index contributed by atoms with van der Waals surface area (Å²) in [5.41, 5.74) is 13.3. The lowest BCUT2D eigenvalue weighted by Gasteiger charge is -2.29. The number of rotatable bonds is 7. The van der Waals surface area contributed by atoms with E-state index in [0.717, 1.165) is 51.0 Å². The van der Waals surface area contributed by atoms with Crippen molar-refractivity contribution in [3.8, 4) is 11.5 Å². The molecule has 0 aliphatic heterocycles. The van der Waals surface area contributed by atoms with Crippen molar-refractivity contribution < 1.29 is 0 Å². The first-order valence-corrected chi connectivity index (χ1v) is 19.8. The van der Waals surface area contributed by atoms with Crippen molar-refractivity contribution in [1.82, 2.24) is 19.3 Å². The molecular formula is C51H53N5. The average molecular weight is 736 g/mol. The molecule has 0 saturated carbocycles. The van der Waals surface area contributed by atoms with Crippen LogP contribution in [-0.2, 0) is 16.2 Å². The Bertz CT molecular complexity index is 2700. The first-order chi connectivity index (χ1) is 26.6. The van der Waals surface area contributed by atoms with E-state index in [2.05, 4.69) is 205 Å². The highest BCUT2D eigenvalue weighted by Crippen LogP contribution is 2.46. The summed E-state index contributed by atoms with van der Waals surface area (Å²) in [5, 5.41) is 7.33. The largest absolute Gasteiger partial charge is 0.310 e. The molecule has 0 bridgehead atoms. The van der Waals surface area contributed by atoms with Crippen molar-refractivity contribution in [2.45, 2.75) is 85.5 Å². The number of benzene rings is 5. The number of pyridine rings is 1. The standard InChI is InChI=1S/C51H53N5/c1-34-28-35(2)56(53-34)41-23-17-22-40(31-41)54(39-20-15-12-16-21-39)42-32-44(50(6,7)8)48-43-29-38(51(9,10)36-18-13-11-14-19-36)24-25-45(43)55(46(48)33-42)47-30-37(26-27-52-47)49(3,4)5/h11-33H,1-10H3. The lowest BCUT2D eigenvalue weighted by molar-refractivity contribution is 0.588. The zero-order valence-electron chi connectivity index (χ0n) is 34.5. The first kappa shape index (κ1) is 37.0. The van der Waals surface area contributed by atoms with Gasteiger partial charge in [-0.15, -0.1) is 0 Å². The fourth-order valence-electron chi connectivity index (χ4n) is 8.20. The second-order valence-electron chi connectivity index (χ2n) is 17.9. The van der Waals surface area contributed by atoms with Crippen molar-refractivity contribution >= 4 is 38.9 Å². The van der Waals surface area contributed by atoms with Crippen LogP contribution in [0.15, 0.2) is 140 Å². The molecule has 3 heterocycles. The van der Waals surface area contributed by atoms with Gasteiger partial charge in [0.15, 0.2) is 0 Å². The fourth-order valence-corrected chi connectivity index (χ4v) is 8.20. The maximum atomic E-state index is 5.09. The molecule has 0 amide bonds. The molecule has 8 aromatic rings. The lowest BCUT2D eigenvalue weighted by atomic mass is 9.77. The molecule has 0 unspecified atom stereocenters. The van der Waals surface area contributed by atoms with E-state index < -0.39 is 0 Å². The molecule has 0 radical (unpaired) electrons. The number of hydrogen-bond acceptors (Lipinski definition) is 3. The fraction of sp³-hybridized carbons (Fsp3) is 0.255. The monoisotopic (exact) mass is 735 g/mol. The minimum Gasteiger partial charge on any atom is -0.310 e. The van der Waals surface area contributed by atoms with Gasteiger partial charge in [0.1, 0.15) is 5.82 Å². The van der Waals surface area contributed by atoms with E-state index in [9.17, 15) is 0 Å². The van der Waals surface area contributed by atoms with Crippen LogP contribution < -0.4 is 4.90 Å². The maximum absolute atomic E-state index is 5.09. The Balaban J connectivity index is 1.46. The summed E-state index contributed by atoms with van der Waals surface area (Å²) in [4.78, 5) is 7.48. The molecule has 0 aliphatic rings. The van der Waals surface area contributed by atoms with Crippen LogP contribution in [0.1, 0.15) is 89.0 Å². The SMILES string of the molecule is Cc1cc(C)n(-c2cccc(N(c3ccccc3)c3cc(C(C)(C)C)c4c5cc(C(C)(C)c6ccccc6)ccc5n(-c5cc(C(C)(C)C)ccn5)c4c3)c2)n1. The summed E-state index contributed by atoms with van der Waals surface area (Å²) in [6, 6.07) is 48.7. The Morgan fingerprint density at radius 3 is 1.89 bits per heavy atom. The molecule has 5 aromatic carbocycles. The van der Waals surface area contributed by atoms with Crippen LogP contribution in [-0.4, -0.2) is 19.3 Å².